The summed E-state index contributed by atoms with van der Waals surface area (Å²) in [6, 6.07) is 0. The molecule has 2 aliphatic carbocycles. The summed E-state index contributed by atoms with van der Waals surface area (Å²) in [6.07, 6.45) is 51.8. The number of allylic oxidation sites excluding steroid dienone is 8. The summed E-state index contributed by atoms with van der Waals surface area (Å²) < 4.78 is 8.46. The van der Waals surface area contributed by atoms with Gasteiger partial charge < -0.3 is 4.89 Å². The summed E-state index contributed by atoms with van der Waals surface area (Å²) >= 11 is 0. The highest BCUT2D eigenvalue weighted by Crippen LogP contribution is 2.78. The Balaban J connectivity index is 0.00000469. The predicted octanol–water partition coefficient (Wildman–Crippen LogP) is 18.0. The van der Waals surface area contributed by atoms with Crippen molar-refractivity contribution < 1.29 is 9.46 Å². The van der Waals surface area contributed by atoms with Gasteiger partial charge in [-0.3, -0.25) is 0 Å². The molecule has 2 aliphatic rings. The molecule has 0 saturated heterocycles. The summed E-state index contributed by atoms with van der Waals surface area (Å²) in [4.78, 5) is 6.99. The highest BCUT2D eigenvalue weighted by atomic mass is 31.2. The molecule has 0 fully saturated rings. The Bertz CT molecular complexity index is 1040. The summed E-state index contributed by atoms with van der Waals surface area (Å²) in [5.41, 5.74) is 7.58. The molecule has 0 saturated carbocycles. The average Bonchev–Trinajstić information content (AvgIpc) is 3.11. The van der Waals surface area contributed by atoms with Crippen LogP contribution in [0.25, 0.3) is 0 Å². The minimum absolute atomic E-state index is 0.213. The van der Waals surface area contributed by atoms with Crippen molar-refractivity contribution in [1.29, 1.82) is 0 Å². The molecule has 0 atom stereocenters. The zero-order valence-corrected chi connectivity index (χ0v) is 39.9. The van der Waals surface area contributed by atoms with Gasteiger partial charge in [-0.05, 0) is 100 Å². The van der Waals surface area contributed by atoms with Crippen molar-refractivity contribution >= 4 is 15.9 Å². The number of hydrogen-bond donors (Lipinski definition) is 1. The summed E-state index contributed by atoms with van der Waals surface area (Å²) in [5.74, 6) is 0. The first kappa shape index (κ1) is 51.5. The van der Waals surface area contributed by atoms with E-state index in [0.717, 1.165) is 0 Å². The van der Waals surface area contributed by atoms with Crippen molar-refractivity contribution in [3.05, 3.63) is 46.6 Å². The van der Waals surface area contributed by atoms with Gasteiger partial charge in [0.1, 0.15) is 5.16 Å². The Morgan fingerprint density at radius 3 is 1.11 bits per heavy atom. The van der Waals surface area contributed by atoms with Crippen LogP contribution in [0.3, 0.4) is 0 Å². The van der Waals surface area contributed by atoms with Crippen molar-refractivity contribution in [1.82, 2.24) is 0 Å². The Hall–Kier alpha value is -0.550. The van der Waals surface area contributed by atoms with E-state index in [1.807, 2.05) is 11.1 Å². The van der Waals surface area contributed by atoms with E-state index >= 15 is 0 Å². The van der Waals surface area contributed by atoms with E-state index in [-0.39, 0.29) is 16.0 Å². The lowest BCUT2D eigenvalue weighted by Crippen LogP contribution is -2.43. The van der Waals surface area contributed by atoms with Crippen molar-refractivity contribution in [2.24, 2.45) is 10.8 Å². The second kappa shape index (κ2) is 28.8. The lowest BCUT2D eigenvalue weighted by atomic mass is 9.70. The molecule has 0 aromatic rings. The van der Waals surface area contributed by atoms with Gasteiger partial charge in [-0.1, -0.05) is 194 Å². The van der Waals surface area contributed by atoms with Gasteiger partial charge in [0.15, 0.2) is 0 Å². The molecule has 0 aromatic carbocycles. The zero-order chi connectivity index (χ0) is 40.4. The van der Waals surface area contributed by atoms with Crippen molar-refractivity contribution in [2.75, 3.05) is 18.5 Å². The highest BCUT2D eigenvalue weighted by Gasteiger charge is 2.60. The number of unbranched alkanes of at least 4 members (excludes halogenated alkanes) is 19. The molecule has 0 aliphatic heterocycles. The van der Waals surface area contributed by atoms with Gasteiger partial charge in [0.25, 0.3) is 0 Å². The van der Waals surface area contributed by atoms with Gasteiger partial charge in [0, 0.05) is 7.26 Å². The van der Waals surface area contributed by atoms with Crippen LogP contribution in [0.15, 0.2) is 46.6 Å². The smallest absolute Gasteiger partial charge is 0.310 e. The fraction of sp³-hybridized carbons (Fsp3) is 0.840. The van der Waals surface area contributed by atoms with Crippen LogP contribution in [0, 0.1) is 10.8 Å². The number of hydrogen-bond acceptors (Lipinski definition) is 1. The van der Waals surface area contributed by atoms with Gasteiger partial charge in [0.05, 0.1) is 18.5 Å². The average molecular weight is 788 g/mol. The lowest BCUT2D eigenvalue weighted by Gasteiger charge is -2.51. The Kier molecular flexibility index (Phi) is 27.4. The highest BCUT2D eigenvalue weighted by molar-refractivity contribution is 7.77. The topological polar surface area (TPSA) is 37.3 Å². The van der Waals surface area contributed by atoms with E-state index in [1.165, 1.54) is 185 Å². The van der Waals surface area contributed by atoms with E-state index in [0.29, 0.717) is 0 Å². The molecule has 0 amide bonds. The van der Waals surface area contributed by atoms with Crippen molar-refractivity contribution in [2.45, 2.75) is 241 Å². The molecule has 0 heterocycles. The van der Waals surface area contributed by atoms with Crippen LogP contribution < -0.4 is 0 Å². The maximum absolute atomic E-state index is 8.46. The zero-order valence-electron chi connectivity index (χ0n) is 38.1. The maximum atomic E-state index is 8.46. The van der Waals surface area contributed by atoms with Gasteiger partial charge in [0.2, 0.25) is 0 Å². The van der Waals surface area contributed by atoms with Crippen molar-refractivity contribution in [3.8, 4) is 0 Å². The molecule has 2 nitrogen and oxygen atoms in total. The first-order chi connectivity index (χ1) is 25.9. The van der Waals surface area contributed by atoms with Crippen LogP contribution >= 0.6 is 15.9 Å². The first-order valence-electron chi connectivity index (χ1n) is 23.5. The summed E-state index contributed by atoms with van der Waals surface area (Å²) in [6.45, 7) is 24.6. The van der Waals surface area contributed by atoms with Crippen molar-refractivity contribution in [3.63, 3.8) is 0 Å². The largest absolute Gasteiger partial charge is 0.324 e. The van der Waals surface area contributed by atoms with Gasteiger partial charge >= 0.3 is 8.69 Å². The number of rotatable bonds is 30. The molecule has 314 valence electrons. The minimum atomic E-state index is -1.45. The van der Waals surface area contributed by atoms with Crippen LogP contribution in [-0.2, 0) is 4.57 Å². The fourth-order valence-corrected chi connectivity index (χ4v) is 16.7. The summed E-state index contributed by atoms with van der Waals surface area (Å²) in [7, 11) is -2.28. The van der Waals surface area contributed by atoms with Crippen LogP contribution in [0.4, 0.5) is 0 Å². The van der Waals surface area contributed by atoms with Gasteiger partial charge in [-0.25, -0.2) is 4.57 Å². The SMILES string of the molecule is CCCCCCCCCCCCCC(C1=C(C)CC(C)(C)C=C1)(C1=C(C)CC(C)(C)C=C1)[P+](CCCCCC)(CCCCCC)CCCCCC.O=PO. The van der Waals surface area contributed by atoms with E-state index < -0.39 is 15.9 Å². The molecule has 0 bridgehead atoms. The van der Waals surface area contributed by atoms with E-state index in [2.05, 4.69) is 93.5 Å². The third-order valence-electron chi connectivity index (χ3n) is 12.9. The minimum Gasteiger partial charge on any atom is -0.310 e. The normalized spacial score (nSPS) is 17.0. The molecule has 0 radical (unpaired) electrons. The monoisotopic (exact) mass is 788 g/mol. The molecule has 0 unspecified atom stereocenters. The Labute approximate surface area is 341 Å². The third kappa shape index (κ3) is 17.9. The Morgan fingerprint density at radius 2 is 0.815 bits per heavy atom. The summed E-state index contributed by atoms with van der Waals surface area (Å²) in [5, 5.41) is 0.213. The van der Waals surface area contributed by atoms with E-state index in [9.17, 15) is 0 Å². The second-order valence-electron chi connectivity index (χ2n) is 19.1. The van der Waals surface area contributed by atoms with Crippen LogP contribution in [0.5, 0.6) is 0 Å². The fourth-order valence-electron chi connectivity index (χ4n) is 10.2. The van der Waals surface area contributed by atoms with Crippen LogP contribution in [0.2, 0.25) is 0 Å². The van der Waals surface area contributed by atoms with Gasteiger partial charge in [-0.15, -0.1) is 0 Å². The Morgan fingerprint density at radius 1 is 0.537 bits per heavy atom. The second-order valence-corrected chi connectivity index (χ2v) is 23.7. The molecule has 2 rings (SSSR count). The third-order valence-corrected chi connectivity index (χ3v) is 18.8. The van der Waals surface area contributed by atoms with E-state index in [1.54, 1.807) is 11.1 Å². The maximum Gasteiger partial charge on any atom is 0.324 e. The quantitative estimate of drug-likeness (QED) is 0.0581. The molecule has 54 heavy (non-hydrogen) atoms. The molecule has 1 N–H and O–H groups in total. The van der Waals surface area contributed by atoms with Crippen LogP contribution in [-0.4, -0.2) is 28.5 Å². The predicted molar refractivity (Wildman–Crippen MR) is 248 cm³/mol. The molecular weight excluding hydrogens is 694 g/mol. The molecule has 0 spiro atoms. The van der Waals surface area contributed by atoms with Gasteiger partial charge in [-0.2, -0.15) is 0 Å². The molecule has 4 heteroatoms. The molecule has 0 aromatic heterocycles. The van der Waals surface area contributed by atoms with Crippen LogP contribution in [0.1, 0.15) is 236 Å². The molecular formula is C50H93O2P2+. The lowest BCUT2D eigenvalue weighted by molar-refractivity contribution is 0.450. The first-order valence-corrected chi connectivity index (χ1v) is 26.6. The van der Waals surface area contributed by atoms with E-state index in [4.69, 9.17) is 9.46 Å². The standard InChI is InChI=1S/C50H92P.HO2P/c1-11-15-19-23-24-25-26-27-28-29-30-36-50(46-34-37-48(7,8)42-44(46)5,47-35-38-49(9,10)43-45(47)6)51(39-31-20-16-12-2,40-32-21-17-13-3)41-33-22-18-14-4;1-3-2/h34-35,37-38H,11-33,36,39-43H2,1-10H3;(H,1,2)/q+1;.